The molecule has 0 saturated heterocycles. The molecule has 0 aliphatic carbocycles. The highest BCUT2D eigenvalue weighted by molar-refractivity contribution is 5.95. The molecule has 1 amide bonds. The lowest BCUT2D eigenvalue weighted by Gasteiger charge is -2.10. The van der Waals surface area contributed by atoms with Gasteiger partial charge in [0, 0.05) is 18.2 Å². The molecule has 0 saturated carbocycles. The van der Waals surface area contributed by atoms with Gasteiger partial charge < -0.3 is 19.5 Å². The normalized spacial score (nSPS) is 10.7. The van der Waals surface area contributed by atoms with Crippen molar-refractivity contribution in [2.75, 3.05) is 19.0 Å². The minimum atomic E-state index is -3.04. The number of amides is 1. The van der Waals surface area contributed by atoms with Crippen molar-refractivity contribution >= 4 is 29.3 Å². The van der Waals surface area contributed by atoms with Crippen LogP contribution in [0.2, 0.25) is 0 Å². The van der Waals surface area contributed by atoms with Crippen molar-refractivity contribution in [3.8, 4) is 11.5 Å². The maximum Gasteiger partial charge on any atom is 0.387 e. The Morgan fingerprint density at radius 1 is 1.19 bits per heavy atom. The van der Waals surface area contributed by atoms with Crippen LogP contribution in [0.4, 0.5) is 24.5 Å². The third-order valence-corrected chi connectivity index (χ3v) is 3.60. The molecule has 0 radical (unpaired) electrons. The van der Waals surface area contributed by atoms with E-state index in [2.05, 4.69) is 10.1 Å². The zero-order valence-corrected chi connectivity index (χ0v) is 15.8. The number of hydrogen-bond donors (Lipinski definition) is 1. The van der Waals surface area contributed by atoms with E-state index in [0.717, 1.165) is 24.3 Å². The maximum atomic E-state index is 13.6. The van der Waals surface area contributed by atoms with Crippen molar-refractivity contribution in [3.05, 3.63) is 64.0 Å². The molecular formula is C19H15F3N2O7. The number of anilines is 1. The highest BCUT2D eigenvalue weighted by Gasteiger charge is 2.14. The summed E-state index contributed by atoms with van der Waals surface area (Å²) < 4.78 is 52.2. The van der Waals surface area contributed by atoms with Gasteiger partial charge in [0.1, 0.15) is 5.82 Å². The standard InChI is InChI=1S/C19H15F3N2O7/c1-29-16-8-11(2-6-15(16)31-19(21)22)3-7-18(26)30-10-17(25)23-14-9-12(24(27)28)4-5-13(14)20/h2-9,19H,10H2,1H3,(H,23,25)/b7-3+. The number of halogens is 3. The molecule has 0 bridgehead atoms. The average Bonchev–Trinajstić information content (AvgIpc) is 2.72. The molecule has 2 aromatic carbocycles. The van der Waals surface area contributed by atoms with E-state index in [4.69, 9.17) is 9.47 Å². The molecule has 0 aromatic heterocycles. The number of esters is 1. The Morgan fingerprint density at radius 3 is 2.58 bits per heavy atom. The Bertz CT molecular complexity index is 1010. The number of hydrogen-bond acceptors (Lipinski definition) is 7. The molecule has 1 N–H and O–H groups in total. The van der Waals surface area contributed by atoms with E-state index < -0.39 is 47.2 Å². The predicted octanol–water partition coefficient (Wildman–Crippen LogP) is 3.54. The van der Waals surface area contributed by atoms with Gasteiger partial charge in [0.25, 0.3) is 11.6 Å². The highest BCUT2D eigenvalue weighted by atomic mass is 19.3. The molecule has 164 valence electrons. The first-order valence-corrected chi connectivity index (χ1v) is 8.41. The predicted molar refractivity (Wildman–Crippen MR) is 101 cm³/mol. The lowest BCUT2D eigenvalue weighted by atomic mass is 10.2. The third-order valence-electron chi connectivity index (χ3n) is 3.60. The first-order chi connectivity index (χ1) is 14.7. The zero-order chi connectivity index (χ0) is 23.0. The molecular weight excluding hydrogens is 425 g/mol. The molecule has 0 unspecified atom stereocenters. The molecule has 12 heteroatoms. The lowest BCUT2D eigenvalue weighted by molar-refractivity contribution is -0.384. The fourth-order valence-corrected chi connectivity index (χ4v) is 2.24. The van der Waals surface area contributed by atoms with Crippen molar-refractivity contribution in [1.29, 1.82) is 0 Å². The Kier molecular flexibility index (Phi) is 7.94. The topological polar surface area (TPSA) is 117 Å². The summed E-state index contributed by atoms with van der Waals surface area (Å²) >= 11 is 0. The van der Waals surface area contributed by atoms with E-state index in [1.807, 2.05) is 0 Å². The smallest absolute Gasteiger partial charge is 0.387 e. The summed E-state index contributed by atoms with van der Waals surface area (Å²) in [6, 6.07) is 6.49. The van der Waals surface area contributed by atoms with Crippen LogP contribution in [0.1, 0.15) is 5.56 Å². The van der Waals surface area contributed by atoms with Crippen molar-refractivity contribution < 1.29 is 41.9 Å². The van der Waals surface area contributed by atoms with Crippen LogP contribution in [0, 0.1) is 15.9 Å². The minimum Gasteiger partial charge on any atom is -0.493 e. The molecule has 9 nitrogen and oxygen atoms in total. The van der Waals surface area contributed by atoms with Gasteiger partial charge in [-0.3, -0.25) is 14.9 Å². The number of ether oxygens (including phenoxy) is 3. The number of rotatable bonds is 9. The molecule has 31 heavy (non-hydrogen) atoms. The van der Waals surface area contributed by atoms with E-state index >= 15 is 0 Å². The Hall–Kier alpha value is -4.09. The number of nitrogens with zero attached hydrogens (tertiary/aromatic N) is 1. The second-order valence-electron chi connectivity index (χ2n) is 5.70. The van der Waals surface area contributed by atoms with Crippen molar-refractivity contribution in [3.63, 3.8) is 0 Å². The zero-order valence-electron chi connectivity index (χ0n) is 15.8. The van der Waals surface area contributed by atoms with Crippen LogP contribution in [0.25, 0.3) is 6.08 Å². The van der Waals surface area contributed by atoms with Crippen LogP contribution in [0.5, 0.6) is 11.5 Å². The first kappa shape index (κ1) is 23.2. The van der Waals surface area contributed by atoms with Gasteiger partial charge in [-0.2, -0.15) is 8.78 Å². The van der Waals surface area contributed by atoms with E-state index in [-0.39, 0.29) is 11.5 Å². The molecule has 0 aliphatic heterocycles. The van der Waals surface area contributed by atoms with Gasteiger partial charge in [0.05, 0.1) is 17.7 Å². The van der Waals surface area contributed by atoms with E-state index in [1.54, 1.807) is 0 Å². The number of nitro groups is 1. The summed E-state index contributed by atoms with van der Waals surface area (Å²) in [5.41, 5.74) is -0.487. The SMILES string of the molecule is COc1cc(/C=C/C(=O)OCC(=O)Nc2cc([N+](=O)[O-])ccc2F)ccc1OC(F)F. The summed E-state index contributed by atoms with van der Waals surface area (Å²) in [4.78, 5) is 33.5. The van der Waals surface area contributed by atoms with Crippen molar-refractivity contribution in [2.45, 2.75) is 6.61 Å². The lowest BCUT2D eigenvalue weighted by Crippen LogP contribution is -2.20. The maximum absolute atomic E-state index is 13.6. The number of carbonyl (C=O) groups is 2. The van der Waals surface area contributed by atoms with Crippen LogP contribution in [0.15, 0.2) is 42.5 Å². The Balaban J connectivity index is 1.93. The molecule has 0 spiro atoms. The number of non-ortho nitro benzene ring substituents is 1. The number of benzene rings is 2. The van der Waals surface area contributed by atoms with Crippen molar-refractivity contribution in [2.24, 2.45) is 0 Å². The minimum absolute atomic E-state index is 0.00850. The summed E-state index contributed by atoms with van der Waals surface area (Å²) in [5.74, 6) is -2.94. The molecule has 0 fully saturated rings. The molecule has 0 heterocycles. The fourth-order valence-electron chi connectivity index (χ4n) is 2.24. The van der Waals surface area contributed by atoms with Gasteiger partial charge >= 0.3 is 12.6 Å². The van der Waals surface area contributed by atoms with Gasteiger partial charge in [0.15, 0.2) is 18.1 Å². The summed E-state index contributed by atoms with van der Waals surface area (Å²) in [7, 11) is 1.25. The van der Waals surface area contributed by atoms with Gasteiger partial charge in [-0.05, 0) is 29.8 Å². The Labute approximate surface area is 173 Å². The average molecular weight is 440 g/mol. The van der Waals surface area contributed by atoms with Gasteiger partial charge in [-0.15, -0.1) is 0 Å². The number of nitro benzene ring substituents is 1. The third kappa shape index (κ3) is 7.03. The van der Waals surface area contributed by atoms with Gasteiger partial charge in [-0.25, -0.2) is 9.18 Å². The quantitative estimate of drug-likeness (QED) is 0.274. The first-order valence-electron chi connectivity index (χ1n) is 8.41. The molecule has 0 atom stereocenters. The number of nitrogens with one attached hydrogen (secondary N) is 1. The molecule has 2 aromatic rings. The van der Waals surface area contributed by atoms with Gasteiger partial charge in [-0.1, -0.05) is 6.07 Å². The molecule has 0 aliphatic rings. The van der Waals surface area contributed by atoms with Crippen LogP contribution in [-0.2, 0) is 14.3 Å². The highest BCUT2D eigenvalue weighted by Crippen LogP contribution is 2.29. The summed E-state index contributed by atoms with van der Waals surface area (Å²) in [6.45, 7) is -3.82. The number of alkyl halides is 2. The Morgan fingerprint density at radius 2 is 1.94 bits per heavy atom. The second kappa shape index (κ2) is 10.6. The van der Waals surface area contributed by atoms with Crippen molar-refractivity contribution in [1.82, 2.24) is 0 Å². The summed E-state index contributed by atoms with van der Waals surface area (Å²) in [6.07, 6.45) is 2.23. The second-order valence-corrected chi connectivity index (χ2v) is 5.70. The number of carbonyl (C=O) groups excluding carboxylic acids is 2. The van der Waals surface area contributed by atoms with E-state index in [1.165, 1.54) is 31.4 Å². The van der Waals surface area contributed by atoms with Crippen LogP contribution in [0.3, 0.4) is 0 Å². The van der Waals surface area contributed by atoms with E-state index in [0.29, 0.717) is 5.56 Å². The summed E-state index contributed by atoms with van der Waals surface area (Å²) in [5, 5.41) is 12.8. The van der Waals surface area contributed by atoms with Crippen LogP contribution < -0.4 is 14.8 Å². The van der Waals surface area contributed by atoms with Gasteiger partial charge in [0.2, 0.25) is 0 Å². The monoisotopic (exact) mass is 440 g/mol. The van der Waals surface area contributed by atoms with E-state index in [9.17, 15) is 32.9 Å². The van der Waals surface area contributed by atoms with Crippen LogP contribution >= 0.6 is 0 Å². The number of methoxy groups -OCH3 is 1. The molecule has 2 rings (SSSR count). The van der Waals surface area contributed by atoms with Crippen LogP contribution in [-0.4, -0.2) is 37.1 Å². The largest absolute Gasteiger partial charge is 0.493 e. The fraction of sp³-hybridized carbons (Fsp3) is 0.158.